The number of methoxy groups -OCH3 is 1. The van der Waals surface area contributed by atoms with Gasteiger partial charge in [-0.1, -0.05) is 55.8 Å². The van der Waals surface area contributed by atoms with Gasteiger partial charge < -0.3 is 15.4 Å². The molecule has 0 radical (unpaired) electrons. The number of rotatable bonds is 6. The SMILES string of the molecule is COC(=O)c1ccc(Cl)c(NC(=S)NC(CC(C)C)c2ccccc2)c1. The summed E-state index contributed by atoms with van der Waals surface area (Å²) in [4.78, 5) is 11.7. The average molecular weight is 391 g/mol. The Hall–Kier alpha value is -2.11. The van der Waals surface area contributed by atoms with Crippen LogP contribution in [0, 0.1) is 5.92 Å². The zero-order chi connectivity index (χ0) is 19.1. The van der Waals surface area contributed by atoms with Gasteiger partial charge in [0.25, 0.3) is 0 Å². The minimum atomic E-state index is -0.425. The van der Waals surface area contributed by atoms with Crippen molar-refractivity contribution in [3.8, 4) is 0 Å². The standard InChI is InChI=1S/C20H23ClN2O2S/c1-13(2)11-17(14-7-5-4-6-8-14)22-20(26)23-18-12-15(19(24)25-3)9-10-16(18)21/h4-10,12-13,17H,11H2,1-3H3,(H2,22,23,26). The summed E-state index contributed by atoms with van der Waals surface area (Å²) in [7, 11) is 1.34. The first-order chi connectivity index (χ1) is 12.4. The maximum absolute atomic E-state index is 11.7. The Morgan fingerprint density at radius 1 is 1.19 bits per heavy atom. The van der Waals surface area contributed by atoms with E-state index in [9.17, 15) is 4.79 Å². The van der Waals surface area contributed by atoms with E-state index in [4.69, 9.17) is 28.6 Å². The van der Waals surface area contributed by atoms with E-state index in [1.165, 1.54) is 12.7 Å². The van der Waals surface area contributed by atoms with Crippen LogP contribution in [0.4, 0.5) is 5.69 Å². The third-order valence-electron chi connectivity index (χ3n) is 3.85. The first kappa shape index (κ1) is 20.2. The van der Waals surface area contributed by atoms with E-state index < -0.39 is 5.97 Å². The highest BCUT2D eigenvalue weighted by atomic mass is 35.5. The van der Waals surface area contributed by atoms with Crippen molar-refractivity contribution in [2.24, 2.45) is 5.92 Å². The maximum Gasteiger partial charge on any atom is 0.337 e. The number of hydrogen-bond donors (Lipinski definition) is 2. The van der Waals surface area contributed by atoms with E-state index in [-0.39, 0.29) is 6.04 Å². The topological polar surface area (TPSA) is 50.4 Å². The molecule has 2 aromatic rings. The molecule has 138 valence electrons. The van der Waals surface area contributed by atoms with Gasteiger partial charge in [-0.05, 0) is 48.3 Å². The predicted molar refractivity (Wildman–Crippen MR) is 111 cm³/mol. The highest BCUT2D eigenvalue weighted by molar-refractivity contribution is 7.80. The second-order valence-corrected chi connectivity index (χ2v) is 7.19. The number of benzene rings is 2. The summed E-state index contributed by atoms with van der Waals surface area (Å²) < 4.78 is 4.74. The molecule has 1 atom stereocenters. The van der Waals surface area contributed by atoms with Gasteiger partial charge in [0.15, 0.2) is 5.11 Å². The second-order valence-electron chi connectivity index (χ2n) is 6.38. The molecule has 2 N–H and O–H groups in total. The van der Waals surface area contributed by atoms with Crippen molar-refractivity contribution < 1.29 is 9.53 Å². The van der Waals surface area contributed by atoms with Crippen LogP contribution >= 0.6 is 23.8 Å². The molecule has 0 bridgehead atoms. The molecule has 26 heavy (non-hydrogen) atoms. The lowest BCUT2D eigenvalue weighted by atomic mass is 9.97. The summed E-state index contributed by atoms with van der Waals surface area (Å²) in [6.07, 6.45) is 0.932. The Bertz CT molecular complexity index is 766. The quantitative estimate of drug-likeness (QED) is 0.524. The molecule has 0 heterocycles. The van der Waals surface area contributed by atoms with Gasteiger partial charge >= 0.3 is 5.97 Å². The summed E-state index contributed by atoms with van der Waals surface area (Å²) in [6, 6.07) is 15.1. The van der Waals surface area contributed by atoms with Crippen LogP contribution in [-0.4, -0.2) is 18.2 Å². The van der Waals surface area contributed by atoms with Crippen molar-refractivity contribution in [2.75, 3.05) is 12.4 Å². The molecule has 0 amide bonds. The van der Waals surface area contributed by atoms with Crippen molar-refractivity contribution in [1.29, 1.82) is 0 Å². The van der Waals surface area contributed by atoms with Gasteiger partial charge in [0.1, 0.15) is 0 Å². The number of ether oxygens (including phenoxy) is 1. The van der Waals surface area contributed by atoms with Gasteiger partial charge in [-0.25, -0.2) is 4.79 Å². The minimum Gasteiger partial charge on any atom is -0.465 e. The second kappa shape index (κ2) is 9.55. The summed E-state index contributed by atoms with van der Waals surface area (Å²) >= 11 is 11.7. The largest absolute Gasteiger partial charge is 0.465 e. The number of anilines is 1. The molecule has 2 aromatic carbocycles. The van der Waals surface area contributed by atoms with Crippen LogP contribution in [0.15, 0.2) is 48.5 Å². The summed E-state index contributed by atoms with van der Waals surface area (Å²) in [5, 5.41) is 7.35. The summed E-state index contributed by atoms with van der Waals surface area (Å²) in [5.41, 5.74) is 2.13. The molecule has 0 saturated heterocycles. The van der Waals surface area contributed by atoms with Gasteiger partial charge in [-0.15, -0.1) is 0 Å². The van der Waals surface area contributed by atoms with Crippen LogP contribution in [0.1, 0.15) is 42.2 Å². The fraction of sp³-hybridized carbons (Fsp3) is 0.300. The zero-order valence-corrected chi connectivity index (χ0v) is 16.7. The van der Waals surface area contributed by atoms with E-state index in [0.29, 0.717) is 27.3 Å². The minimum absolute atomic E-state index is 0.0822. The molecule has 4 nitrogen and oxygen atoms in total. The first-order valence-corrected chi connectivity index (χ1v) is 9.19. The first-order valence-electron chi connectivity index (χ1n) is 8.41. The molecule has 0 aliphatic heterocycles. The normalized spacial score (nSPS) is 11.7. The van der Waals surface area contributed by atoms with E-state index in [1.807, 2.05) is 18.2 Å². The molecule has 1 unspecified atom stereocenters. The highest BCUT2D eigenvalue weighted by Gasteiger charge is 2.16. The van der Waals surface area contributed by atoms with Gasteiger partial charge in [-0.2, -0.15) is 0 Å². The maximum atomic E-state index is 11.7. The van der Waals surface area contributed by atoms with E-state index in [1.54, 1.807) is 18.2 Å². The van der Waals surface area contributed by atoms with E-state index >= 15 is 0 Å². The Morgan fingerprint density at radius 2 is 1.88 bits per heavy atom. The number of hydrogen-bond acceptors (Lipinski definition) is 3. The zero-order valence-electron chi connectivity index (χ0n) is 15.1. The van der Waals surface area contributed by atoms with Crippen LogP contribution in [0.25, 0.3) is 0 Å². The third-order valence-corrected chi connectivity index (χ3v) is 4.40. The van der Waals surface area contributed by atoms with Crippen molar-refractivity contribution >= 4 is 40.6 Å². The summed E-state index contributed by atoms with van der Waals surface area (Å²) in [6.45, 7) is 4.34. The smallest absolute Gasteiger partial charge is 0.337 e. The Balaban J connectivity index is 2.14. The predicted octanol–water partition coefficient (Wildman–Crippen LogP) is 5.20. The van der Waals surface area contributed by atoms with Crippen molar-refractivity contribution in [3.05, 3.63) is 64.7 Å². The third kappa shape index (κ3) is 5.71. The van der Waals surface area contributed by atoms with Crippen LogP contribution in [-0.2, 0) is 4.74 Å². The lowest BCUT2D eigenvalue weighted by Crippen LogP contribution is -2.33. The monoisotopic (exact) mass is 390 g/mol. The lowest BCUT2D eigenvalue weighted by molar-refractivity contribution is 0.0601. The molecule has 2 rings (SSSR count). The fourth-order valence-corrected chi connectivity index (χ4v) is 3.03. The molecule has 0 aromatic heterocycles. The van der Waals surface area contributed by atoms with Crippen LogP contribution in [0.5, 0.6) is 0 Å². The number of carbonyl (C=O) groups is 1. The highest BCUT2D eigenvalue weighted by Crippen LogP contribution is 2.25. The van der Waals surface area contributed by atoms with Crippen molar-refractivity contribution in [1.82, 2.24) is 5.32 Å². The van der Waals surface area contributed by atoms with Crippen LogP contribution in [0.3, 0.4) is 0 Å². The molecule has 0 aliphatic carbocycles. The summed E-state index contributed by atoms with van der Waals surface area (Å²) in [5.74, 6) is 0.0762. The number of esters is 1. The van der Waals surface area contributed by atoms with E-state index in [0.717, 1.165) is 6.42 Å². The van der Waals surface area contributed by atoms with E-state index in [2.05, 4.69) is 36.6 Å². The molecule has 0 saturated carbocycles. The molecule has 0 fully saturated rings. The molecular formula is C20H23ClN2O2S. The number of thiocarbonyl (C=S) groups is 1. The molecular weight excluding hydrogens is 368 g/mol. The number of carbonyl (C=O) groups excluding carboxylic acids is 1. The van der Waals surface area contributed by atoms with Crippen LogP contribution in [0.2, 0.25) is 5.02 Å². The van der Waals surface area contributed by atoms with Gasteiger partial charge in [0.05, 0.1) is 29.4 Å². The molecule has 0 aliphatic rings. The molecule has 6 heteroatoms. The van der Waals surface area contributed by atoms with Gasteiger partial charge in [-0.3, -0.25) is 0 Å². The number of nitrogens with one attached hydrogen (secondary N) is 2. The van der Waals surface area contributed by atoms with Gasteiger partial charge in [0.2, 0.25) is 0 Å². The average Bonchev–Trinajstić information content (AvgIpc) is 2.62. The van der Waals surface area contributed by atoms with Crippen LogP contribution < -0.4 is 10.6 Å². The Morgan fingerprint density at radius 3 is 2.50 bits per heavy atom. The number of halogens is 1. The Labute approximate surface area is 164 Å². The fourth-order valence-electron chi connectivity index (χ4n) is 2.62. The van der Waals surface area contributed by atoms with Crippen molar-refractivity contribution in [3.63, 3.8) is 0 Å². The van der Waals surface area contributed by atoms with Gasteiger partial charge in [0, 0.05) is 0 Å². The molecule has 0 spiro atoms. The lowest BCUT2D eigenvalue weighted by Gasteiger charge is -2.23. The Kier molecular flexibility index (Phi) is 7.42. The van der Waals surface area contributed by atoms with Crippen molar-refractivity contribution in [2.45, 2.75) is 26.3 Å².